The SMILES string of the molecule is CCC1/C(n2c3cc4ccccc4cc3c3cc4ccccc4cc32)=C\CCC2=C(C1c1ccc3c(c1)c1ccccc1n3-c1ccccc1)C(C)(C)c1cc(-c3ccccc3)ccc12. The van der Waals surface area contributed by atoms with Gasteiger partial charge in [-0.1, -0.05) is 160 Å². The van der Waals surface area contributed by atoms with Crippen molar-refractivity contribution in [2.45, 2.75) is 51.4 Å². The second-order valence-electron chi connectivity index (χ2n) is 19.0. The lowest BCUT2D eigenvalue weighted by atomic mass is 9.66. The van der Waals surface area contributed by atoms with E-state index in [1.807, 2.05) is 0 Å². The van der Waals surface area contributed by atoms with E-state index < -0.39 is 0 Å². The first-order chi connectivity index (χ1) is 32.0. The summed E-state index contributed by atoms with van der Waals surface area (Å²) < 4.78 is 5.14. The van der Waals surface area contributed by atoms with Gasteiger partial charge in [-0.05, 0) is 140 Å². The molecule has 0 aliphatic heterocycles. The number of nitrogens with zero attached hydrogens (tertiary/aromatic N) is 2. The third kappa shape index (κ3) is 5.73. The maximum Gasteiger partial charge on any atom is 0.0544 e. The third-order valence-corrected chi connectivity index (χ3v) is 15.2. The van der Waals surface area contributed by atoms with E-state index in [-0.39, 0.29) is 17.3 Å². The van der Waals surface area contributed by atoms with Crippen molar-refractivity contribution in [3.05, 3.63) is 222 Å². The summed E-state index contributed by atoms with van der Waals surface area (Å²) in [6, 6.07) is 73.2. The lowest BCUT2D eigenvalue weighted by Gasteiger charge is -2.39. The highest BCUT2D eigenvalue weighted by Crippen LogP contribution is 2.59. The summed E-state index contributed by atoms with van der Waals surface area (Å²) in [6.45, 7) is 7.48. The molecular formula is C63H50N2. The van der Waals surface area contributed by atoms with Gasteiger partial charge in [-0.25, -0.2) is 0 Å². The molecule has 0 N–H and O–H groups in total. The van der Waals surface area contributed by atoms with Crippen LogP contribution >= 0.6 is 0 Å². The number of allylic oxidation sites excluding steroid dienone is 4. The van der Waals surface area contributed by atoms with E-state index in [0.717, 1.165) is 19.3 Å². The first kappa shape index (κ1) is 38.1. The Balaban J connectivity index is 1.09. The summed E-state index contributed by atoms with van der Waals surface area (Å²) in [7, 11) is 0. The van der Waals surface area contributed by atoms with Crippen LogP contribution in [-0.4, -0.2) is 9.13 Å². The number of fused-ring (bicyclic) bond motifs is 10. The standard InChI is InChI=1S/C63H50N2/c1-4-48-56(65-59-38-43-22-13-11-20-41(43)34-53(59)54-35-42-21-12-14-23-44(42)39-60(54)65)29-17-27-51-49-32-30-45(40-18-7-5-8-19-40)37-55(49)63(2,3)62(51)61(48)46-31-33-58-52(36-46)50-26-15-16-28-57(50)64(58)47-24-9-6-10-25-47/h5-16,18-26,28-39,48,61H,4,17,27H2,1-3H3/b56-29+. The van der Waals surface area contributed by atoms with Gasteiger partial charge in [0.1, 0.15) is 0 Å². The van der Waals surface area contributed by atoms with E-state index in [0.29, 0.717) is 0 Å². The molecule has 2 heterocycles. The molecule has 0 saturated heterocycles. The lowest BCUT2D eigenvalue weighted by molar-refractivity contribution is 0.478. The molecule has 2 unspecified atom stereocenters. The van der Waals surface area contributed by atoms with Crippen molar-refractivity contribution >= 4 is 76.4 Å². The van der Waals surface area contributed by atoms with Gasteiger partial charge < -0.3 is 9.13 Å². The summed E-state index contributed by atoms with van der Waals surface area (Å²) in [4.78, 5) is 0. The maximum atomic E-state index is 2.69. The lowest BCUT2D eigenvalue weighted by Crippen LogP contribution is -2.29. The molecule has 2 nitrogen and oxygen atoms in total. The predicted octanol–water partition coefficient (Wildman–Crippen LogP) is 17.1. The molecule has 0 spiro atoms. The fraction of sp³-hybridized carbons (Fsp3) is 0.143. The average Bonchev–Trinajstić information content (AvgIpc) is 3.91. The zero-order valence-corrected chi connectivity index (χ0v) is 37.2. The Morgan fingerprint density at radius 1 is 0.492 bits per heavy atom. The molecule has 9 aromatic carbocycles. The smallest absolute Gasteiger partial charge is 0.0544 e. The van der Waals surface area contributed by atoms with Crippen molar-refractivity contribution in [1.29, 1.82) is 0 Å². The summed E-state index contributed by atoms with van der Waals surface area (Å²) in [5, 5.41) is 10.3. The first-order valence-electron chi connectivity index (χ1n) is 23.5. The largest absolute Gasteiger partial charge is 0.313 e. The van der Waals surface area contributed by atoms with E-state index in [4.69, 9.17) is 0 Å². The van der Waals surface area contributed by atoms with E-state index in [1.54, 1.807) is 5.57 Å². The topological polar surface area (TPSA) is 9.86 Å². The van der Waals surface area contributed by atoms with E-state index in [9.17, 15) is 0 Å². The van der Waals surface area contributed by atoms with Crippen LogP contribution in [-0.2, 0) is 5.41 Å². The Kier molecular flexibility index (Phi) is 8.53. The highest BCUT2D eigenvalue weighted by atomic mass is 15.0. The number of aromatic nitrogens is 2. The van der Waals surface area contributed by atoms with Gasteiger partial charge in [0.15, 0.2) is 0 Å². The van der Waals surface area contributed by atoms with Gasteiger partial charge in [-0.15, -0.1) is 0 Å². The number of para-hydroxylation sites is 2. The molecule has 11 aromatic rings. The van der Waals surface area contributed by atoms with Crippen molar-refractivity contribution in [3.63, 3.8) is 0 Å². The van der Waals surface area contributed by atoms with Crippen LogP contribution in [0.4, 0.5) is 0 Å². The van der Waals surface area contributed by atoms with Crippen molar-refractivity contribution in [3.8, 4) is 16.8 Å². The Hall–Kier alpha value is -7.42. The maximum absolute atomic E-state index is 2.69. The Labute approximate surface area is 380 Å². The number of hydrogen-bond donors (Lipinski definition) is 0. The Bertz CT molecular complexity index is 3690. The van der Waals surface area contributed by atoms with Gasteiger partial charge >= 0.3 is 0 Å². The fourth-order valence-corrected chi connectivity index (χ4v) is 12.3. The molecule has 312 valence electrons. The molecule has 0 saturated carbocycles. The molecule has 13 rings (SSSR count). The van der Waals surface area contributed by atoms with Crippen LogP contribution in [0.3, 0.4) is 0 Å². The summed E-state index contributed by atoms with van der Waals surface area (Å²) in [6.07, 6.45) is 5.59. The van der Waals surface area contributed by atoms with Gasteiger partial charge in [0, 0.05) is 50.2 Å². The molecule has 0 radical (unpaired) electrons. The van der Waals surface area contributed by atoms with Gasteiger partial charge in [0.05, 0.1) is 22.1 Å². The Morgan fingerprint density at radius 3 is 1.75 bits per heavy atom. The normalized spacial score (nSPS) is 18.0. The molecule has 0 amide bonds. The summed E-state index contributed by atoms with van der Waals surface area (Å²) in [5.74, 6) is 0.292. The van der Waals surface area contributed by atoms with E-state index in [2.05, 4.69) is 230 Å². The van der Waals surface area contributed by atoms with Crippen molar-refractivity contribution in [2.75, 3.05) is 0 Å². The molecule has 2 aliphatic carbocycles. The van der Waals surface area contributed by atoms with Gasteiger partial charge in [0.25, 0.3) is 0 Å². The molecule has 0 fully saturated rings. The molecule has 65 heavy (non-hydrogen) atoms. The summed E-state index contributed by atoms with van der Waals surface area (Å²) in [5.41, 5.74) is 17.4. The average molecular weight is 835 g/mol. The number of hydrogen-bond acceptors (Lipinski definition) is 0. The number of benzene rings is 9. The Morgan fingerprint density at radius 2 is 1.08 bits per heavy atom. The van der Waals surface area contributed by atoms with Crippen molar-refractivity contribution < 1.29 is 0 Å². The highest BCUT2D eigenvalue weighted by molar-refractivity contribution is 6.17. The van der Waals surface area contributed by atoms with Crippen molar-refractivity contribution in [2.24, 2.45) is 5.92 Å². The first-order valence-corrected chi connectivity index (χ1v) is 23.5. The second-order valence-corrected chi connectivity index (χ2v) is 19.0. The van der Waals surface area contributed by atoms with Gasteiger partial charge in [0.2, 0.25) is 0 Å². The van der Waals surface area contributed by atoms with E-state index >= 15 is 0 Å². The van der Waals surface area contributed by atoms with Crippen LogP contribution in [0.25, 0.3) is 93.2 Å². The third-order valence-electron chi connectivity index (χ3n) is 15.2. The molecule has 0 bridgehead atoms. The molecule has 2 aliphatic rings. The van der Waals surface area contributed by atoms with Crippen LogP contribution in [0.1, 0.15) is 62.6 Å². The van der Waals surface area contributed by atoms with Crippen LogP contribution < -0.4 is 0 Å². The molecular weight excluding hydrogens is 785 g/mol. The van der Waals surface area contributed by atoms with Crippen LogP contribution in [0.2, 0.25) is 0 Å². The molecule has 2 atom stereocenters. The minimum Gasteiger partial charge on any atom is -0.313 e. The minimum absolute atomic E-state index is 0.112. The quantitative estimate of drug-likeness (QED) is 0.163. The fourth-order valence-electron chi connectivity index (χ4n) is 12.3. The monoisotopic (exact) mass is 834 g/mol. The van der Waals surface area contributed by atoms with Gasteiger partial charge in [-0.2, -0.15) is 0 Å². The van der Waals surface area contributed by atoms with Crippen molar-refractivity contribution in [1.82, 2.24) is 9.13 Å². The zero-order valence-electron chi connectivity index (χ0n) is 37.2. The second kappa shape index (κ2) is 14.6. The van der Waals surface area contributed by atoms with Crippen LogP contribution in [0.5, 0.6) is 0 Å². The minimum atomic E-state index is -0.212. The molecule has 2 heteroatoms. The molecule has 2 aromatic heterocycles. The number of rotatable bonds is 5. The van der Waals surface area contributed by atoms with Gasteiger partial charge in [-0.3, -0.25) is 0 Å². The zero-order chi connectivity index (χ0) is 43.4. The van der Waals surface area contributed by atoms with Crippen LogP contribution in [0.15, 0.2) is 206 Å². The summed E-state index contributed by atoms with van der Waals surface area (Å²) >= 11 is 0. The van der Waals surface area contributed by atoms with E-state index in [1.165, 1.54) is 110 Å². The van der Waals surface area contributed by atoms with Crippen LogP contribution in [0, 0.1) is 5.92 Å². The predicted molar refractivity (Wildman–Crippen MR) is 277 cm³/mol. The highest BCUT2D eigenvalue weighted by Gasteiger charge is 2.45.